The van der Waals surface area contributed by atoms with Gasteiger partial charge in [-0.15, -0.1) is 11.3 Å². The van der Waals surface area contributed by atoms with Gasteiger partial charge in [-0.2, -0.15) is 13.2 Å². The Kier molecular flexibility index (Phi) is 5.60. The van der Waals surface area contributed by atoms with Crippen molar-refractivity contribution < 1.29 is 22.8 Å². The lowest BCUT2D eigenvalue weighted by Gasteiger charge is -2.27. The molecule has 28 heavy (non-hydrogen) atoms. The molecule has 3 rings (SSSR count). The van der Waals surface area contributed by atoms with Crippen molar-refractivity contribution >= 4 is 28.8 Å². The van der Waals surface area contributed by atoms with Crippen molar-refractivity contribution in [3.63, 3.8) is 0 Å². The van der Waals surface area contributed by atoms with E-state index in [0.29, 0.717) is 30.6 Å². The maximum Gasteiger partial charge on any atom is 0.416 e. The Hall–Kier alpha value is -2.61. The smallest absolute Gasteiger partial charge is 0.333 e. The van der Waals surface area contributed by atoms with Crippen molar-refractivity contribution in [2.75, 3.05) is 11.9 Å². The number of carbonyl (C=O) groups excluding carboxylic acids is 2. The van der Waals surface area contributed by atoms with Crippen LogP contribution < -0.4 is 5.32 Å². The van der Waals surface area contributed by atoms with Crippen LogP contribution in [-0.2, 0) is 23.9 Å². The van der Waals surface area contributed by atoms with Gasteiger partial charge < -0.3 is 10.2 Å². The van der Waals surface area contributed by atoms with E-state index in [9.17, 15) is 22.8 Å². The lowest BCUT2D eigenvalue weighted by molar-refractivity contribution is -0.137. The van der Waals surface area contributed by atoms with E-state index in [-0.39, 0.29) is 11.6 Å². The third-order valence-electron chi connectivity index (χ3n) is 4.70. The molecule has 0 saturated carbocycles. The summed E-state index contributed by atoms with van der Waals surface area (Å²) in [7, 11) is 0. The van der Waals surface area contributed by atoms with Crippen molar-refractivity contribution in [3.8, 4) is 0 Å². The fourth-order valence-corrected chi connectivity index (χ4v) is 4.13. The lowest BCUT2D eigenvalue weighted by Crippen LogP contribution is -2.36. The van der Waals surface area contributed by atoms with E-state index in [4.69, 9.17) is 0 Å². The first kappa shape index (κ1) is 20.1. The average Bonchev–Trinajstić information content (AvgIpc) is 3.09. The Morgan fingerprint density at radius 1 is 1.29 bits per heavy atom. The molecule has 0 aliphatic carbocycles. The zero-order chi connectivity index (χ0) is 20.5. The molecule has 1 aromatic carbocycles. The number of hydrogen-bond donors (Lipinski definition) is 1. The molecule has 0 fully saturated rings. The van der Waals surface area contributed by atoms with Crippen LogP contribution in [-0.4, -0.2) is 23.3 Å². The molecule has 148 valence electrons. The molecule has 4 nitrogen and oxygen atoms in total. The van der Waals surface area contributed by atoms with Gasteiger partial charge in [0, 0.05) is 28.1 Å². The predicted molar refractivity (Wildman–Crippen MR) is 102 cm³/mol. The number of benzene rings is 1. The van der Waals surface area contributed by atoms with Gasteiger partial charge in [-0.25, -0.2) is 0 Å². The number of thiophene rings is 1. The summed E-state index contributed by atoms with van der Waals surface area (Å²) < 4.78 is 38.5. The van der Waals surface area contributed by atoms with Gasteiger partial charge in [0.05, 0.1) is 17.7 Å². The van der Waals surface area contributed by atoms with Gasteiger partial charge >= 0.3 is 6.18 Å². The Bertz CT molecular complexity index is 947. The molecule has 0 atom stereocenters. The molecular formula is C20H19F3N2O2S. The topological polar surface area (TPSA) is 49.4 Å². The zero-order valence-electron chi connectivity index (χ0n) is 15.4. The SMILES string of the molecule is C/C=C(\C)C(=O)N1CCc2c(C(=O)Nc3cccc(C(F)(F)F)c3)csc2C1. The molecule has 1 aliphatic rings. The lowest BCUT2D eigenvalue weighted by atomic mass is 10.0. The number of alkyl halides is 3. The summed E-state index contributed by atoms with van der Waals surface area (Å²) in [6.45, 7) is 4.50. The standard InChI is InChI=1S/C20H19F3N2O2S/c1-3-12(2)19(27)25-8-7-15-16(11-28-17(15)10-25)18(26)24-14-6-4-5-13(9-14)20(21,22)23/h3-6,9,11H,7-8,10H2,1-2H3,(H,24,26)/b12-3+. The van der Waals surface area contributed by atoms with Crippen molar-refractivity contribution in [2.45, 2.75) is 33.0 Å². The van der Waals surface area contributed by atoms with Crippen molar-refractivity contribution in [1.82, 2.24) is 4.90 Å². The number of amides is 2. The van der Waals surface area contributed by atoms with Crippen LogP contribution in [0.5, 0.6) is 0 Å². The highest BCUT2D eigenvalue weighted by molar-refractivity contribution is 7.10. The zero-order valence-corrected chi connectivity index (χ0v) is 16.2. The number of halogens is 3. The molecule has 0 bridgehead atoms. The second-order valence-corrected chi connectivity index (χ2v) is 7.50. The molecule has 2 aromatic rings. The van der Waals surface area contributed by atoms with Gasteiger partial charge in [0.15, 0.2) is 0 Å². The number of nitrogens with one attached hydrogen (secondary N) is 1. The number of carbonyl (C=O) groups is 2. The van der Waals surface area contributed by atoms with Crippen LogP contribution in [0.3, 0.4) is 0 Å². The first-order valence-electron chi connectivity index (χ1n) is 8.70. The molecule has 8 heteroatoms. The number of nitrogens with zero attached hydrogens (tertiary/aromatic N) is 1. The summed E-state index contributed by atoms with van der Waals surface area (Å²) in [6.07, 6.45) is -2.17. The third-order valence-corrected chi connectivity index (χ3v) is 5.71. The second kappa shape index (κ2) is 7.79. The minimum atomic E-state index is -4.47. The van der Waals surface area contributed by atoms with Gasteiger partial charge in [-0.05, 0) is 44.0 Å². The molecule has 1 aliphatic heterocycles. The van der Waals surface area contributed by atoms with Crippen LogP contribution in [0.1, 0.15) is 40.2 Å². The monoisotopic (exact) mass is 408 g/mol. The van der Waals surface area contributed by atoms with E-state index < -0.39 is 17.6 Å². The quantitative estimate of drug-likeness (QED) is 0.737. The summed E-state index contributed by atoms with van der Waals surface area (Å²) in [5.74, 6) is -0.474. The Morgan fingerprint density at radius 3 is 2.71 bits per heavy atom. The van der Waals surface area contributed by atoms with Gasteiger partial charge in [0.1, 0.15) is 0 Å². The third kappa shape index (κ3) is 4.11. The molecule has 1 aromatic heterocycles. The maximum atomic E-state index is 12.8. The Labute approximate surface area is 164 Å². The summed E-state index contributed by atoms with van der Waals surface area (Å²) in [5.41, 5.74) is 1.26. The number of hydrogen-bond acceptors (Lipinski definition) is 3. The maximum absolute atomic E-state index is 12.8. The van der Waals surface area contributed by atoms with E-state index in [1.807, 2.05) is 6.92 Å². The minimum absolute atomic E-state index is 0.0310. The van der Waals surface area contributed by atoms with Crippen LogP contribution in [0.4, 0.5) is 18.9 Å². The molecule has 0 unspecified atom stereocenters. The molecule has 0 spiro atoms. The van der Waals surface area contributed by atoms with Crippen molar-refractivity contribution in [3.05, 3.63) is 62.9 Å². The van der Waals surface area contributed by atoms with Crippen LogP contribution in [0, 0.1) is 0 Å². The molecule has 2 heterocycles. The number of allylic oxidation sites excluding steroid dienone is 1. The summed E-state index contributed by atoms with van der Waals surface area (Å²) >= 11 is 1.38. The van der Waals surface area contributed by atoms with E-state index in [1.54, 1.807) is 23.3 Å². The van der Waals surface area contributed by atoms with E-state index in [1.165, 1.54) is 23.5 Å². The highest BCUT2D eigenvalue weighted by Crippen LogP contribution is 2.32. The number of rotatable bonds is 3. The van der Waals surface area contributed by atoms with Gasteiger partial charge in [0.2, 0.25) is 5.91 Å². The molecule has 0 radical (unpaired) electrons. The highest BCUT2D eigenvalue weighted by Gasteiger charge is 2.31. The van der Waals surface area contributed by atoms with E-state index in [2.05, 4.69) is 5.32 Å². The van der Waals surface area contributed by atoms with E-state index in [0.717, 1.165) is 22.6 Å². The van der Waals surface area contributed by atoms with Crippen molar-refractivity contribution in [2.24, 2.45) is 0 Å². The Morgan fingerprint density at radius 2 is 2.04 bits per heavy atom. The number of anilines is 1. The normalized spacial score (nSPS) is 14.6. The average molecular weight is 408 g/mol. The molecule has 0 saturated heterocycles. The second-order valence-electron chi connectivity index (χ2n) is 6.53. The van der Waals surface area contributed by atoms with Gasteiger partial charge in [-0.3, -0.25) is 9.59 Å². The minimum Gasteiger partial charge on any atom is -0.333 e. The Balaban J connectivity index is 1.76. The highest BCUT2D eigenvalue weighted by atomic mass is 32.1. The largest absolute Gasteiger partial charge is 0.416 e. The first-order valence-corrected chi connectivity index (χ1v) is 9.58. The predicted octanol–water partition coefficient (Wildman–Crippen LogP) is 4.87. The van der Waals surface area contributed by atoms with Crippen molar-refractivity contribution in [1.29, 1.82) is 0 Å². The van der Waals surface area contributed by atoms with Crippen LogP contribution in [0.25, 0.3) is 0 Å². The molecule has 2 amide bonds. The van der Waals surface area contributed by atoms with Crippen LogP contribution in [0.15, 0.2) is 41.3 Å². The van der Waals surface area contributed by atoms with Crippen LogP contribution in [0.2, 0.25) is 0 Å². The number of fused-ring (bicyclic) bond motifs is 1. The summed E-state index contributed by atoms with van der Waals surface area (Å²) in [4.78, 5) is 27.6. The summed E-state index contributed by atoms with van der Waals surface area (Å²) in [6, 6.07) is 4.55. The first-order chi connectivity index (χ1) is 13.2. The summed E-state index contributed by atoms with van der Waals surface area (Å²) in [5, 5.41) is 4.24. The van der Waals surface area contributed by atoms with Gasteiger partial charge in [0.25, 0.3) is 5.91 Å². The fourth-order valence-electron chi connectivity index (χ4n) is 3.04. The fraction of sp³-hybridized carbons (Fsp3) is 0.300. The van der Waals surface area contributed by atoms with Crippen LogP contribution >= 0.6 is 11.3 Å². The molecule has 1 N–H and O–H groups in total. The van der Waals surface area contributed by atoms with Gasteiger partial charge in [-0.1, -0.05) is 12.1 Å². The van der Waals surface area contributed by atoms with E-state index >= 15 is 0 Å². The molecular weight excluding hydrogens is 389 g/mol.